The Kier molecular flexibility index (Phi) is 8.73. The molecular formula is C15H20ClN3O2. The average molecular weight is 310 g/mol. The van der Waals surface area contributed by atoms with Crippen LogP contribution in [0.2, 0.25) is 5.15 Å². The van der Waals surface area contributed by atoms with Gasteiger partial charge in [-0.05, 0) is 32.1 Å². The van der Waals surface area contributed by atoms with Crippen LogP contribution in [-0.2, 0) is 0 Å². The maximum atomic E-state index is 10.9. The number of nitro groups is 1. The minimum atomic E-state index is -0.521. The minimum absolute atomic E-state index is 0.0887. The van der Waals surface area contributed by atoms with Gasteiger partial charge in [0, 0.05) is 11.8 Å². The lowest BCUT2D eigenvalue weighted by atomic mass is 10.2. The van der Waals surface area contributed by atoms with E-state index >= 15 is 0 Å². The van der Waals surface area contributed by atoms with Crippen LogP contribution in [0.1, 0.15) is 27.7 Å². The zero-order chi connectivity index (χ0) is 16.4. The summed E-state index contributed by atoms with van der Waals surface area (Å²) in [4.78, 5) is 14.3. The molecule has 0 aliphatic carbocycles. The van der Waals surface area contributed by atoms with Crippen molar-refractivity contribution in [3.63, 3.8) is 0 Å². The molecule has 114 valence electrons. The average Bonchev–Trinajstić information content (AvgIpc) is 2.45. The van der Waals surface area contributed by atoms with Crippen LogP contribution >= 0.6 is 11.6 Å². The first kappa shape index (κ1) is 18.9. The highest BCUT2D eigenvalue weighted by Crippen LogP contribution is 2.25. The van der Waals surface area contributed by atoms with Crippen molar-refractivity contribution in [2.75, 3.05) is 5.32 Å². The summed E-state index contributed by atoms with van der Waals surface area (Å²) in [6, 6.07) is 2.68. The number of halogens is 1. The van der Waals surface area contributed by atoms with Crippen molar-refractivity contribution in [3.05, 3.63) is 63.5 Å². The van der Waals surface area contributed by atoms with Gasteiger partial charge in [-0.15, -0.1) is 0 Å². The SMILES string of the molecule is C=C/C(=C\C=C(C)C)Nc1nc(Cl)ccc1[N+](=O)[O-].CC. The smallest absolute Gasteiger partial charge is 0.311 e. The van der Waals surface area contributed by atoms with Crippen LogP contribution in [0.5, 0.6) is 0 Å². The predicted molar refractivity (Wildman–Crippen MR) is 88.6 cm³/mol. The molecule has 0 aromatic carbocycles. The zero-order valence-electron chi connectivity index (χ0n) is 12.7. The van der Waals surface area contributed by atoms with Gasteiger partial charge in [-0.2, -0.15) is 0 Å². The molecule has 1 rings (SSSR count). The number of rotatable bonds is 5. The second-order valence-electron chi connectivity index (χ2n) is 3.95. The van der Waals surface area contributed by atoms with E-state index in [1.165, 1.54) is 12.1 Å². The van der Waals surface area contributed by atoms with Gasteiger partial charge in [0.2, 0.25) is 5.82 Å². The molecule has 0 amide bonds. The molecule has 0 bridgehead atoms. The van der Waals surface area contributed by atoms with Gasteiger partial charge in [0.25, 0.3) is 0 Å². The molecule has 0 atom stereocenters. The van der Waals surface area contributed by atoms with Gasteiger partial charge in [0.1, 0.15) is 5.15 Å². The summed E-state index contributed by atoms with van der Waals surface area (Å²) in [5.41, 5.74) is 1.54. The highest BCUT2D eigenvalue weighted by molar-refractivity contribution is 6.29. The molecule has 0 aliphatic rings. The third-order valence-corrected chi connectivity index (χ3v) is 2.33. The topological polar surface area (TPSA) is 68.1 Å². The van der Waals surface area contributed by atoms with Crippen molar-refractivity contribution in [2.24, 2.45) is 0 Å². The Bertz CT molecular complexity index is 562. The summed E-state index contributed by atoms with van der Waals surface area (Å²) in [5.74, 6) is 0.0887. The quantitative estimate of drug-likeness (QED) is 0.355. The van der Waals surface area contributed by atoms with E-state index in [1.54, 1.807) is 12.2 Å². The number of nitrogens with one attached hydrogen (secondary N) is 1. The van der Waals surface area contributed by atoms with Gasteiger partial charge >= 0.3 is 5.69 Å². The highest BCUT2D eigenvalue weighted by Gasteiger charge is 2.15. The van der Waals surface area contributed by atoms with Gasteiger partial charge in [-0.1, -0.05) is 43.7 Å². The van der Waals surface area contributed by atoms with E-state index in [9.17, 15) is 10.1 Å². The lowest BCUT2D eigenvalue weighted by molar-refractivity contribution is -0.384. The molecule has 6 heteroatoms. The first-order chi connectivity index (χ1) is 9.93. The van der Waals surface area contributed by atoms with Crippen molar-refractivity contribution < 1.29 is 4.92 Å². The van der Waals surface area contributed by atoms with Crippen LogP contribution in [0, 0.1) is 10.1 Å². The van der Waals surface area contributed by atoms with E-state index in [4.69, 9.17) is 11.6 Å². The summed E-state index contributed by atoms with van der Waals surface area (Å²) in [7, 11) is 0. The molecule has 1 aromatic heterocycles. The van der Waals surface area contributed by atoms with Crippen molar-refractivity contribution >= 4 is 23.1 Å². The van der Waals surface area contributed by atoms with E-state index in [-0.39, 0.29) is 16.7 Å². The Labute approximate surface area is 130 Å². The van der Waals surface area contributed by atoms with Crippen LogP contribution in [0.4, 0.5) is 11.5 Å². The molecule has 0 saturated carbocycles. The van der Waals surface area contributed by atoms with Crippen molar-refractivity contribution in [1.29, 1.82) is 0 Å². The Balaban J connectivity index is 0.00000191. The highest BCUT2D eigenvalue weighted by atomic mass is 35.5. The summed E-state index contributed by atoms with van der Waals surface area (Å²) in [6.07, 6.45) is 5.17. The normalized spacial score (nSPS) is 10.0. The number of pyridine rings is 1. The zero-order valence-corrected chi connectivity index (χ0v) is 13.4. The molecule has 1 heterocycles. The molecule has 1 N–H and O–H groups in total. The molecule has 21 heavy (non-hydrogen) atoms. The monoisotopic (exact) mass is 309 g/mol. The molecule has 0 radical (unpaired) electrons. The lowest BCUT2D eigenvalue weighted by Crippen LogP contribution is -2.03. The second kappa shape index (κ2) is 9.72. The second-order valence-corrected chi connectivity index (χ2v) is 4.34. The van der Waals surface area contributed by atoms with Gasteiger partial charge < -0.3 is 5.32 Å². The number of hydrogen-bond donors (Lipinski definition) is 1. The van der Waals surface area contributed by atoms with Gasteiger partial charge in [0.05, 0.1) is 4.92 Å². The maximum Gasteiger partial charge on any atom is 0.311 e. The molecule has 0 aliphatic heterocycles. The number of hydrogen-bond acceptors (Lipinski definition) is 4. The molecule has 1 aromatic rings. The summed E-state index contributed by atoms with van der Waals surface area (Å²) >= 11 is 5.74. The third kappa shape index (κ3) is 6.72. The van der Waals surface area contributed by atoms with E-state index in [0.29, 0.717) is 5.70 Å². The molecule has 0 fully saturated rings. The standard InChI is InChI=1S/C13H14ClN3O2.C2H6/c1-4-10(6-5-9(2)3)15-13-11(17(18)19)7-8-12(14)16-13;1-2/h4-8H,1H2,2-3H3,(H,15,16);1-2H3/b10-6+;. The number of allylic oxidation sites excluding steroid dienone is 4. The summed E-state index contributed by atoms with van der Waals surface area (Å²) < 4.78 is 0. The van der Waals surface area contributed by atoms with E-state index < -0.39 is 4.92 Å². The van der Waals surface area contributed by atoms with E-state index in [0.717, 1.165) is 5.57 Å². The Morgan fingerprint density at radius 1 is 1.38 bits per heavy atom. The lowest BCUT2D eigenvalue weighted by Gasteiger charge is -2.06. The fourth-order valence-corrected chi connectivity index (χ4v) is 1.37. The van der Waals surface area contributed by atoms with Crippen molar-refractivity contribution in [3.8, 4) is 0 Å². The van der Waals surface area contributed by atoms with Crippen LogP contribution in [0.25, 0.3) is 0 Å². The Morgan fingerprint density at radius 2 is 2.00 bits per heavy atom. The van der Waals surface area contributed by atoms with Crippen LogP contribution < -0.4 is 5.32 Å². The maximum absolute atomic E-state index is 10.9. The van der Waals surface area contributed by atoms with Gasteiger partial charge in [-0.25, -0.2) is 4.98 Å². The Hall–Kier alpha value is -2.14. The van der Waals surface area contributed by atoms with Crippen molar-refractivity contribution in [2.45, 2.75) is 27.7 Å². The molecule has 0 unspecified atom stereocenters. The van der Waals surface area contributed by atoms with E-state index in [2.05, 4.69) is 16.9 Å². The summed E-state index contributed by atoms with van der Waals surface area (Å²) in [5, 5.41) is 13.9. The fourth-order valence-electron chi connectivity index (χ4n) is 1.22. The molecule has 0 saturated heterocycles. The first-order valence-corrected chi connectivity index (χ1v) is 6.87. The minimum Gasteiger partial charge on any atom is -0.334 e. The van der Waals surface area contributed by atoms with Gasteiger partial charge in [0.15, 0.2) is 0 Å². The van der Waals surface area contributed by atoms with E-state index in [1.807, 2.05) is 33.8 Å². The molecule has 0 spiro atoms. The summed E-state index contributed by atoms with van der Waals surface area (Å²) in [6.45, 7) is 11.5. The molecule has 5 nitrogen and oxygen atoms in total. The number of nitrogens with zero attached hydrogens (tertiary/aromatic N) is 2. The predicted octanol–water partition coefficient (Wildman–Crippen LogP) is 5.12. The third-order valence-electron chi connectivity index (χ3n) is 2.12. The Morgan fingerprint density at radius 3 is 2.48 bits per heavy atom. The van der Waals surface area contributed by atoms with Crippen LogP contribution in [0.15, 0.2) is 48.2 Å². The number of anilines is 1. The number of aromatic nitrogens is 1. The van der Waals surface area contributed by atoms with Gasteiger partial charge in [-0.3, -0.25) is 10.1 Å². The first-order valence-electron chi connectivity index (χ1n) is 6.49. The largest absolute Gasteiger partial charge is 0.334 e. The van der Waals surface area contributed by atoms with Crippen molar-refractivity contribution in [1.82, 2.24) is 4.98 Å². The molecular weight excluding hydrogens is 290 g/mol. The van der Waals surface area contributed by atoms with Crippen LogP contribution in [0.3, 0.4) is 0 Å². The van der Waals surface area contributed by atoms with Crippen LogP contribution in [-0.4, -0.2) is 9.91 Å². The fraction of sp³-hybridized carbons (Fsp3) is 0.267.